The predicted octanol–water partition coefficient (Wildman–Crippen LogP) is 9.86. The lowest BCUT2D eigenvalue weighted by atomic mass is 9.91. The molecule has 2 aliphatic carbocycles. The molecule has 68 heavy (non-hydrogen) atoms. The number of carbonyl (C=O) groups is 4. The highest BCUT2D eigenvalue weighted by atomic mass is 16.6. The number of rotatable bonds is 16. The minimum atomic E-state index is -0.515. The van der Waals surface area contributed by atoms with Gasteiger partial charge in [0.25, 0.3) is 0 Å². The van der Waals surface area contributed by atoms with Gasteiger partial charge in [0.1, 0.15) is 34.9 Å². The third-order valence-electron chi connectivity index (χ3n) is 12.7. The van der Waals surface area contributed by atoms with Crippen LogP contribution in [0.4, 0.5) is 11.4 Å². The van der Waals surface area contributed by atoms with Gasteiger partial charge in [-0.25, -0.2) is 0 Å². The first kappa shape index (κ1) is 49.9. The first-order valence-electron chi connectivity index (χ1n) is 24.2. The molecule has 4 aromatic carbocycles. The van der Waals surface area contributed by atoms with E-state index in [2.05, 4.69) is 34.1 Å². The molecule has 12 nitrogen and oxygen atoms in total. The third-order valence-corrected chi connectivity index (χ3v) is 12.7. The molecular weight excluding hydrogens is 861 g/mol. The van der Waals surface area contributed by atoms with Crippen molar-refractivity contribution in [3.63, 3.8) is 0 Å². The molecule has 2 heterocycles. The number of ether oxygens (including phenoxy) is 6. The summed E-state index contributed by atoms with van der Waals surface area (Å²) in [6, 6.07) is 32.4. The van der Waals surface area contributed by atoms with Gasteiger partial charge in [-0.2, -0.15) is 0 Å². The Morgan fingerprint density at radius 1 is 0.529 bits per heavy atom. The van der Waals surface area contributed by atoms with Crippen LogP contribution in [-0.2, 0) is 64.1 Å². The lowest BCUT2D eigenvalue weighted by molar-refractivity contribution is -0.155. The molecule has 2 saturated carbocycles. The van der Waals surface area contributed by atoms with Gasteiger partial charge in [0, 0.05) is 24.9 Å². The van der Waals surface area contributed by atoms with Crippen molar-refractivity contribution < 1.29 is 47.6 Å². The Kier molecular flexibility index (Phi) is 16.1. The molecule has 2 aliphatic heterocycles. The predicted molar refractivity (Wildman–Crippen MR) is 261 cm³/mol. The summed E-state index contributed by atoms with van der Waals surface area (Å²) in [5.41, 5.74) is 5.08. The molecule has 4 aliphatic rings. The van der Waals surface area contributed by atoms with Crippen molar-refractivity contribution in [2.45, 2.75) is 129 Å². The highest BCUT2D eigenvalue weighted by molar-refractivity contribution is 5.76. The van der Waals surface area contributed by atoms with Gasteiger partial charge in [-0.3, -0.25) is 19.2 Å². The number of hydrogen-bond acceptors (Lipinski definition) is 12. The van der Waals surface area contributed by atoms with Crippen LogP contribution in [0.25, 0.3) is 0 Å². The van der Waals surface area contributed by atoms with Crippen molar-refractivity contribution in [2.24, 2.45) is 23.7 Å². The minimum absolute atomic E-state index is 0.0977. The van der Waals surface area contributed by atoms with E-state index in [1.807, 2.05) is 114 Å². The third kappa shape index (κ3) is 14.5. The highest BCUT2D eigenvalue weighted by Gasteiger charge is 2.43. The number of benzene rings is 4. The minimum Gasteiger partial charge on any atom is -0.486 e. The average Bonchev–Trinajstić information content (AvgIpc) is 4.23. The zero-order chi connectivity index (χ0) is 48.6. The number of methoxy groups -OCH3 is 2. The summed E-state index contributed by atoms with van der Waals surface area (Å²) in [6.45, 7) is 14.0. The molecule has 12 heteroatoms. The molecular formula is C56H70N2O10. The number of anilines is 2. The van der Waals surface area contributed by atoms with Gasteiger partial charge >= 0.3 is 23.9 Å². The summed E-state index contributed by atoms with van der Waals surface area (Å²) < 4.78 is 33.9. The molecule has 364 valence electrons. The van der Waals surface area contributed by atoms with E-state index in [0.29, 0.717) is 37.8 Å². The van der Waals surface area contributed by atoms with Crippen LogP contribution in [0.1, 0.15) is 102 Å². The SMILES string of the molecule is COC(=O)C[C@@H](C1CC1)[C@H]1CN(Cc2ccccc2)c2cc(CC(=O)OC(C)(C)C)ccc2O1.COC(=O)C[C@H](C1CC1)[C@H]1CN(Cc2ccccc2)c2cc(CC(=O)OC(C)(C)C)ccc2O1. The number of fused-ring (bicyclic) bond motifs is 2. The second kappa shape index (κ2) is 21.9. The molecule has 0 bridgehead atoms. The first-order valence-corrected chi connectivity index (χ1v) is 24.2. The number of hydrogen-bond donors (Lipinski definition) is 0. The van der Waals surface area contributed by atoms with E-state index >= 15 is 0 Å². The van der Waals surface area contributed by atoms with Gasteiger partial charge in [-0.1, -0.05) is 72.8 Å². The molecule has 0 saturated heterocycles. The quantitative estimate of drug-likeness (QED) is 0.0783. The maximum atomic E-state index is 12.4. The van der Waals surface area contributed by atoms with Crippen molar-refractivity contribution in [2.75, 3.05) is 37.1 Å². The van der Waals surface area contributed by atoms with Gasteiger partial charge < -0.3 is 38.2 Å². The normalized spacial score (nSPS) is 18.5. The van der Waals surface area contributed by atoms with Gasteiger partial charge in [-0.15, -0.1) is 0 Å². The summed E-state index contributed by atoms with van der Waals surface area (Å²) in [6.07, 6.45) is 5.47. The smallest absolute Gasteiger partial charge is 0.310 e. The van der Waals surface area contributed by atoms with Crippen LogP contribution in [0, 0.1) is 23.7 Å². The molecule has 0 spiro atoms. The van der Waals surface area contributed by atoms with Crippen molar-refractivity contribution in [3.05, 3.63) is 119 Å². The second-order valence-corrected chi connectivity index (χ2v) is 20.7. The van der Waals surface area contributed by atoms with Crippen LogP contribution in [0.15, 0.2) is 97.1 Å². The Morgan fingerprint density at radius 3 is 1.22 bits per heavy atom. The molecule has 4 aromatic rings. The molecule has 2 fully saturated rings. The zero-order valence-corrected chi connectivity index (χ0v) is 41.2. The Balaban J connectivity index is 0.000000201. The van der Waals surface area contributed by atoms with Crippen molar-refractivity contribution in [1.82, 2.24) is 0 Å². The number of carbonyl (C=O) groups excluding carboxylic acids is 4. The summed E-state index contributed by atoms with van der Waals surface area (Å²) in [5, 5.41) is 0. The maximum Gasteiger partial charge on any atom is 0.310 e. The van der Waals surface area contributed by atoms with Crippen LogP contribution in [0.3, 0.4) is 0 Å². The highest BCUT2D eigenvalue weighted by Crippen LogP contribution is 2.47. The van der Waals surface area contributed by atoms with Crippen molar-refractivity contribution >= 4 is 35.3 Å². The fourth-order valence-electron chi connectivity index (χ4n) is 9.32. The number of esters is 4. The maximum absolute atomic E-state index is 12.4. The van der Waals surface area contributed by atoms with Crippen LogP contribution >= 0.6 is 0 Å². The van der Waals surface area contributed by atoms with Crippen LogP contribution < -0.4 is 19.3 Å². The zero-order valence-electron chi connectivity index (χ0n) is 41.2. The molecule has 4 atom stereocenters. The first-order chi connectivity index (χ1) is 32.4. The lowest BCUT2D eigenvalue weighted by Crippen LogP contribution is -2.45. The second-order valence-electron chi connectivity index (χ2n) is 20.7. The molecule has 0 unspecified atom stereocenters. The van der Waals surface area contributed by atoms with E-state index < -0.39 is 11.2 Å². The van der Waals surface area contributed by atoms with E-state index in [4.69, 9.17) is 28.4 Å². The molecule has 0 aromatic heterocycles. The van der Waals surface area contributed by atoms with Crippen LogP contribution in [0.2, 0.25) is 0 Å². The Morgan fingerprint density at radius 2 is 0.897 bits per heavy atom. The molecule has 8 rings (SSSR count). The van der Waals surface area contributed by atoms with Crippen LogP contribution in [-0.4, -0.2) is 74.6 Å². The molecule has 0 N–H and O–H groups in total. The molecule has 0 radical (unpaired) electrons. The largest absolute Gasteiger partial charge is 0.486 e. The van der Waals surface area contributed by atoms with E-state index in [1.54, 1.807) is 0 Å². The van der Waals surface area contributed by atoms with Gasteiger partial charge in [0.2, 0.25) is 0 Å². The van der Waals surface area contributed by atoms with Gasteiger partial charge in [0.15, 0.2) is 0 Å². The fraction of sp³-hybridized carbons (Fsp3) is 0.500. The average molecular weight is 931 g/mol. The topological polar surface area (TPSA) is 130 Å². The van der Waals surface area contributed by atoms with Crippen molar-refractivity contribution in [3.8, 4) is 11.5 Å². The number of nitrogens with zero attached hydrogens (tertiary/aromatic N) is 2. The summed E-state index contributed by atoms with van der Waals surface area (Å²) in [4.78, 5) is 53.7. The van der Waals surface area contributed by atoms with E-state index in [0.717, 1.165) is 72.8 Å². The van der Waals surface area contributed by atoms with E-state index in [-0.39, 0.29) is 60.8 Å². The lowest BCUT2D eigenvalue weighted by Gasteiger charge is -2.40. The Bertz CT molecular complexity index is 2180. The van der Waals surface area contributed by atoms with E-state index in [1.165, 1.54) is 25.3 Å². The standard InChI is InChI=1S/2C28H35NO5/c2*1-28(2,3)34-27(31)15-20-10-13-24-23(14-20)29(17-19-8-6-5-7-9-19)18-25(33-24)22(21-11-12-21)16-26(30)32-4/h2*5-10,13-14,21-22,25H,11-12,15-18H2,1-4H3/t22-,25+;22-,25-/m01/s1. The van der Waals surface area contributed by atoms with E-state index in [9.17, 15) is 19.2 Å². The summed E-state index contributed by atoms with van der Waals surface area (Å²) in [7, 11) is 2.88. The Labute approximate surface area is 402 Å². The van der Waals surface area contributed by atoms with Crippen LogP contribution in [0.5, 0.6) is 11.5 Å². The van der Waals surface area contributed by atoms with Gasteiger partial charge in [-0.05, 0) is 126 Å². The van der Waals surface area contributed by atoms with Gasteiger partial charge in [0.05, 0.1) is 64.4 Å². The summed E-state index contributed by atoms with van der Waals surface area (Å²) >= 11 is 0. The van der Waals surface area contributed by atoms with Crippen molar-refractivity contribution in [1.29, 1.82) is 0 Å². The fourth-order valence-corrected chi connectivity index (χ4v) is 9.32. The molecule has 0 amide bonds. The Hall–Kier alpha value is -6.04. The summed E-state index contributed by atoms with van der Waals surface area (Å²) in [5.74, 6) is 1.95. The monoisotopic (exact) mass is 931 g/mol.